The van der Waals surface area contributed by atoms with Crippen LogP contribution in [-0.4, -0.2) is 24.9 Å². The Morgan fingerprint density at radius 2 is 1.08 bits per heavy atom. The van der Waals surface area contributed by atoms with Gasteiger partial charge < -0.3 is 5.73 Å². The van der Waals surface area contributed by atoms with Gasteiger partial charge in [-0.1, -0.05) is 48.5 Å². The van der Waals surface area contributed by atoms with Crippen molar-refractivity contribution < 1.29 is 31.3 Å². The molecule has 0 atom stereocenters. The molecule has 0 fully saturated rings. The van der Waals surface area contributed by atoms with Crippen LogP contribution in [0.5, 0.6) is 0 Å². The van der Waals surface area contributed by atoms with Crippen molar-refractivity contribution >= 4 is 11.4 Å². The summed E-state index contributed by atoms with van der Waals surface area (Å²) < 4.78 is 79.2. The Labute approximate surface area is 267 Å². The molecule has 0 aliphatic carbocycles. The molecule has 0 radical (unpaired) electrons. The van der Waals surface area contributed by atoms with Gasteiger partial charge in [0.05, 0.1) is 38.8 Å². The van der Waals surface area contributed by atoms with Crippen molar-refractivity contribution in [3.8, 4) is 56.5 Å². The van der Waals surface area contributed by atoms with Crippen molar-refractivity contribution in [1.82, 2.24) is 19.9 Å². The third kappa shape index (κ3) is 6.40. The zero-order valence-corrected chi connectivity index (χ0v) is 24.3. The lowest BCUT2D eigenvalue weighted by Crippen LogP contribution is -2.06. The number of alkyl halides is 6. The lowest BCUT2D eigenvalue weighted by Gasteiger charge is -2.16. The van der Waals surface area contributed by atoms with Crippen LogP contribution in [0.4, 0.5) is 37.7 Å². The van der Waals surface area contributed by atoms with Gasteiger partial charge in [-0.15, -0.1) is 0 Å². The number of rotatable bonds is 6. The van der Waals surface area contributed by atoms with E-state index in [4.69, 9.17) is 5.73 Å². The number of halogens is 6. The Balaban J connectivity index is 1.50. The third-order valence-electron chi connectivity index (χ3n) is 7.35. The van der Waals surface area contributed by atoms with Crippen LogP contribution >= 0.6 is 0 Å². The van der Waals surface area contributed by atoms with E-state index in [1.54, 1.807) is 30.3 Å². The minimum atomic E-state index is -4.56. The monoisotopic (exact) mass is 658 g/mol. The Bertz CT molecular complexity index is 2130. The van der Waals surface area contributed by atoms with E-state index < -0.39 is 28.4 Å². The molecule has 8 nitrogen and oxygen atoms in total. The van der Waals surface area contributed by atoms with Gasteiger partial charge in [-0.25, -0.2) is 19.9 Å². The summed E-state index contributed by atoms with van der Waals surface area (Å²) in [7, 11) is 0. The summed E-state index contributed by atoms with van der Waals surface area (Å²) >= 11 is 0. The van der Waals surface area contributed by atoms with E-state index >= 15 is 0 Å². The SMILES string of the molecule is Nc1c(-c2ccc([N+](=O)[O-])cc2)nc(-c2ccc(C(F)(F)F)cc2)nc1-c1ccccc1-c1ccnc(-c2ccc(C(F)(F)F)cc2)n1. The number of benzene rings is 4. The van der Waals surface area contributed by atoms with Crippen molar-refractivity contribution in [2.75, 3.05) is 5.73 Å². The Morgan fingerprint density at radius 1 is 0.583 bits per heavy atom. The zero-order chi connectivity index (χ0) is 34.2. The lowest BCUT2D eigenvalue weighted by atomic mass is 9.98. The predicted molar refractivity (Wildman–Crippen MR) is 166 cm³/mol. The van der Waals surface area contributed by atoms with Crippen LogP contribution in [0, 0.1) is 10.1 Å². The second-order valence-corrected chi connectivity index (χ2v) is 10.4. The van der Waals surface area contributed by atoms with Crippen LogP contribution in [0.25, 0.3) is 56.5 Å². The second-order valence-electron chi connectivity index (χ2n) is 10.4. The molecular weight excluding hydrogens is 638 g/mol. The van der Waals surface area contributed by atoms with Crippen molar-refractivity contribution in [2.24, 2.45) is 0 Å². The molecule has 6 rings (SSSR count). The van der Waals surface area contributed by atoms with Crippen molar-refractivity contribution in [3.63, 3.8) is 0 Å². The smallest absolute Gasteiger partial charge is 0.395 e. The summed E-state index contributed by atoms with van der Waals surface area (Å²) in [5.74, 6) is 0.188. The van der Waals surface area contributed by atoms with Gasteiger partial charge in [-0.2, -0.15) is 26.3 Å². The van der Waals surface area contributed by atoms with Gasteiger partial charge in [0, 0.05) is 46.1 Å². The Hall–Kier alpha value is -6.18. The van der Waals surface area contributed by atoms with E-state index in [1.807, 2.05) is 0 Å². The maximum atomic E-state index is 13.3. The highest BCUT2D eigenvalue weighted by Crippen LogP contribution is 2.40. The number of non-ortho nitro benzene ring substituents is 1. The first-order valence-electron chi connectivity index (χ1n) is 14.0. The van der Waals surface area contributed by atoms with Gasteiger partial charge in [0.1, 0.15) is 0 Å². The van der Waals surface area contributed by atoms with Crippen LogP contribution in [0.15, 0.2) is 109 Å². The summed E-state index contributed by atoms with van der Waals surface area (Å²) in [5.41, 5.74) is 7.55. The summed E-state index contributed by atoms with van der Waals surface area (Å²) in [6, 6.07) is 22.5. The molecular formula is C34H20F6N6O2. The highest BCUT2D eigenvalue weighted by Gasteiger charge is 2.31. The summed E-state index contributed by atoms with van der Waals surface area (Å²) in [5, 5.41) is 11.3. The zero-order valence-electron chi connectivity index (χ0n) is 24.3. The molecule has 0 aliphatic heterocycles. The quantitative estimate of drug-likeness (QED) is 0.108. The van der Waals surface area contributed by atoms with Crippen LogP contribution < -0.4 is 5.73 Å². The third-order valence-corrected chi connectivity index (χ3v) is 7.35. The average molecular weight is 659 g/mol. The fourth-order valence-corrected chi connectivity index (χ4v) is 4.94. The van der Waals surface area contributed by atoms with Crippen LogP contribution in [0.3, 0.4) is 0 Å². The minimum Gasteiger partial charge on any atom is -0.395 e. The molecule has 0 spiro atoms. The number of nitrogen functional groups attached to an aromatic ring is 1. The standard InChI is InChI=1S/C34H20F6N6O2/c35-33(36,37)22-11-5-20(6-12-22)31-42-18-17-27(43-31)25-3-1-2-4-26(25)30-28(41)29(19-9-15-24(16-10-19)46(47)48)44-32(45-30)21-7-13-23(14-8-21)34(38,39)40/h1-18H,41H2. The molecule has 0 saturated heterocycles. The van der Waals surface area contributed by atoms with Crippen molar-refractivity contribution in [3.05, 3.63) is 131 Å². The lowest BCUT2D eigenvalue weighted by molar-refractivity contribution is -0.384. The maximum absolute atomic E-state index is 13.3. The Kier molecular flexibility index (Phi) is 8.08. The summed E-state index contributed by atoms with van der Waals surface area (Å²) in [4.78, 5) is 28.7. The molecule has 0 bridgehead atoms. The second kappa shape index (κ2) is 12.2. The van der Waals surface area contributed by atoms with Gasteiger partial charge >= 0.3 is 12.4 Å². The fraction of sp³-hybridized carbons (Fsp3) is 0.0588. The number of aromatic nitrogens is 4. The van der Waals surface area contributed by atoms with E-state index in [1.165, 1.54) is 54.7 Å². The molecule has 0 amide bonds. The van der Waals surface area contributed by atoms with Gasteiger partial charge in [-0.05, 0) is 42.5 Å². The van der Waals surface area contributed by atoms with Crippen LogP contribution in [-0.2, 0) is 12.4 Å². The molecule has 48 heavy (non-hydrogen) atoms. The molecule has 14 heteroatoms. The Morgan fingerprint density at radius 3 is 1.62 bits per heavy atom. The molecule has 0 saturated carbocycles. The van der Waals surface area contributed by atoms with Gasteiger partial charge in [0.15, 0.2) is 11.6 Å². The van der Waals surface area contributed by atoms with Crippen LogP contribution in [0.2, 0.25) is 0 Å². The molecule has 2 heterocycles. The van der Waals surface area contributed by atoms with Gasteiger partial charge in [-0.3, -0.25) is 10.1 Å². The molecule has 2 N–H and O–H groups in total. The van der Waals surface area contributed by atoms with E-state index in [-0.39, 0.29) is 40.0 Å². The first-order chi connectivity index (χ1) is 22.8. The number of nitro groups is 1. The van der Waals surface area contributed by atoms with Crippen molar-refractivity contribution in [1.29, 1.82) is 0 Å². The van der Waals surface area contributed by atoms with E-state index in [9.17, 15) is 36.5 Å². The molecule has 240 valence electrons. The maximum Gasteiger partial charge on any atom is 0.416 e. The average Bonchev–Trinajstić information content (AvgIpc) is 3.08. The summed E-state index contributed by atoms with van der Waals surface area (Å²) in [6.07, 6.45) is -7.62. The highest BCUT2D eigenvalue weighted by molar-refractivity contribution is 5.92. The normalized spacial score (nSPS) is 11.8. The fourth-order valence-electron chi connectivity index (χ4n) is 4.94. The highest BCUT2D eigenvalue weighted by atomic mass is 19.4. The molecule has 2 aromatic heterocycles. The topological polar surface area (TPSA) is 121 Å². The molecule has 0 aliphatic rings. The molecule has 0 unspecified atom stereocenters. The van der Waals surface area contributed by atoms with E-state index in [0.29, 0.717) is 27.9 Å². The predicted octanol–water partition coefficient (Wildman–Crippen LogP) is 9.13. The minimum absolute atomic E-state index is 0.0317. The number of nitro benzene ring substituents is 1. The number of hydrogen-bond donors (Lipinski definition) is 1. The largest absolute Gasteiger partial charge is 0.416 e. The van der Waals surface area contributed by atoms with Crippen LogP contribution in [0.1, 0.15) is 11.1 Å². The number of hydrogen-bond acceptors (Lipinski definition) is 7. The van der Waals surface area contributed by atoms with Crippen molar-refractivity contribution in [2.45, 2.75) is 12.4 Å². The molecule has 6 aromatic rings. The first kappa shape index (κ1) is 31.8. The number of nitrogens with zero attached hydrogens (tertiary/aromatic N) is 5. The summed E-state index contributed by atoms with van der Waals surface area (Å²) in [6.45, 7) is 0. The van der Waals surface area contributed by atoms with E-state index in [0.717, 1.165) is 24.3 Å². The van der Waals surface area contributed by atoms with Gasteiger partial charge in [0.2, 0.25) is 0 Å². The van der Waals surface area contributed by atoms with E-state index in [2.05, 4.69) is 19.9 Å². The first-order valence-corrected chi connectivity index (χ1v) is 14.0. The molecule has 4 aromatic carbocycles. The van der Waals surface area contributed by atoms with Gasteiger partial charge in [0.25, 0.3) is 5.69 Å². The number of nitrogens with two attached hydrogens (primary N) is 1. The number of anilines is 1.